The number of aliphatic hydroxyl groups is 1. The topological polar surface area (TPSA) is 72.8 Å². The predicted molar refractivity (Wildman–Crippen MR) is 109 cm³/mol. The van der Waals surface area contributed by atoms with E-state index < -0.39 is 17.4 Å². The summed E-state index contributed by atoms with van der Waals surface area (Å²) in [6.45, 7) is 4.23. The second-order valence-corrected chi connectivity index (χ2v) is 8.76. The number of cyclic esters (lactones) is 2. The van der Waals surface area contributed by atoms with Crippen molar-refractivity contribution in [3.05, 3.63) is 34.6 Å². The number of hydrogen-bond donors (Lipinski definition) is 1. The Morgan fingerprint density at radius 2 is 1.97 bits per heavy atom. The Kier molecular flexibility index (Phi) is 5.69. The van der Waals surface area contributed by atoms with Gasteiger partial charge in [0.1, 0.15) is 17.3 Å². The molecule has 4 atom stereocenters. The minimum atomic E-state index is -1.06. The molecule has 0 radical (unpaired) electrons. The van der Waals surface area contributed by atoms with Gasteiger partial charge in [-0.15, -0.1) is 0 Å². The van der Waals surface area contributed by atoms with Gasteiger partial charge in [0.25, 0.3) is 0 Å². The summed E-state index contributed by atoms with van der Waals surface area (Å²) in [5, 5.41) is 11.1. The molecule has 4 aliphatic rings. The number of allylic oxidation sites excluding steroid dienone is 2. The van der Waals surface area contributed by atoms with Crippen LogP contribution in [0.5, 0.6) is 0 Å². The van der Waals surface area contributed by atoms with E-state index in [0.29, 0.717) is 18.4 Å². The first-order valence-electron chi connectivity index (χ1n) is 11.3. The van der Waals surface area contributed by atoms with Gasteiger partial charge in [0.2, 0.25) is 0 Å². The van der Waals surface area contributed by atoms with Crippen molar-refractivity contribution in [1.82, 2.24) is 0 Å². The highest BCUT2D eigenvalue weighted by Gasteiger charge is 2.61. The van der Waals surface area contributed by atoms with Gasteiger partial charge in [-0.2, -0.15) is 0 Å². The number of hydrogen-bond acceptors (Lipinski definition) is 5. The van der Waals surface area contributed by atoms with Gasteiger partial charge in [0, 0.05) is 17.9 Å². The molecular weight excluding hydrogens is 368 g/mol. The quantitative estimate of drug-likeness (QED) is 0.503. The summed E-state index contributed by atoms with van der Waals surface area (Å²) in [6, 6.07) is 0. The maximum Gasteiger partial charge on any atom is 0.335 e. The zero-order chi connectivity index (χ0) is 20.6. The minimum absolute atomic E-state index is 0.208. The molecule has 2 heterocycles. The van der Waals surface area contributed by atoms with Crippen molar-refractivity contribution in [2.45, 2.75) is 90.3 Å². The number of aliphatic hydroxyl groups excluding tert-OH is 1. The highest BCUT2D eigenvalue weighted by atomic mass is 16.6. The molecule has 1 N–H and O–H groups in total. The molecule has 2 aliphatic carbocycles. The third kappa shape index (κ3) is 3.18. The summed E-state index contributed by atoms with van der Waals surface area (Å²) in [5.41, 5.74) is 1.46. The Hall–Kier alpha value is -1.88. The number of ether oxygens (including phenoxy) is 2. The van der Waals surface area contributed by atoms with Crippen molar-refractivity contribution >= 4 is 11.9 Å². The van der Waals surface area contributed by atoms with E-state index in [1.807, 2.05) is 12.2 Å². The third-order valence-corrected chi connectivity index (χ3v) is 7.01. The number of fused-ring (bicyclic) bond motifs is 1. The maximum absolute atomic E-state index is 13.3. The van der Waals surface area contributed by atoms with Gasteiger partial charge in [0.05, 0.1) is 6.10 Å². The molecule has 0 aromatic rings. The zero-order valence-electron chi connectivity index (χ0n) is 17.5. The Morgan fingerprint density at radius 3 is 2.72 bits per heavy atom. The van der Waals surface area contributed by atoms with Crippen LogP contribution < -0.4 is 0 Å². The van der Waals surface area contributed by atoms with Crippen molar-refractivity contribution in [1.29, 1.82) is 0 Å². The van der Waals surface area contributed by atoms with Crippen molar-refractivity contribution in [2.24, 2.45) is 11.3 Å². The van der Waals surface area contributed by atoms with Crippen LogP contribution in [0.4, 0.5) is 0 Å². The molecule has 0 aromatic carbocycles. The average Bonchev–Trinajstić information content (AvgIpc) is 3.19. The van der Waals surface area contributed by atoms with Crippen LogP contribution in [0.3, 0.4) is 0 Å². The first-order valence-corrected chi connectivity index (χ1v) is 11.3. The van der Waals surface area contributed by atoms with Gasteiger partial charge in [-0.05, 0) is 56.1 Å². The van der Waals surface area contributed by atoms with Crippen LogP contribution in [0.2, 0.25) is 0 Å². The second-order valence-electron chi connectivity index (χ2n) is 8.76. The largest absolute Gasteiger partial charge is 0.454 e. The fourth-order valence-corrected chi connectivity index (χ4v) is 5.59. The van der Waals surface area contributed by atoms with E-state index >= 15 is 0 Å². The van der Waals surface area contributed by atoms with Crippen LogP contribution in [0.1, 0.15) is 78.1 Å². The van der Waals surface area contributed by atoms with E-state index in [1.54, 1.807) is 0 Å². The first-order chi connectivity index (χ1) is 14.0. The van der Waals surface area contributed by atoms with Crippen molar-refractivity contribution < 1.29 is 24.2 Å². The fraction of sp³-hybridized carbons (Fsp3) is 0.667. The summed E-state index contributed by atoms with van der Waals surface area (Å²) in [7, 11) is 0. The molecule has 0 saturated carbocycles. The third-order valence-electron chi connectivity index (χ3n) is 7.01. The smallest absolute Gasteiger partial charge is 0.335 e. The summed E-state index contributed by atoms with van der Waals surface area (Å²) in [6.07, 6.45) is 11.3. The van der Waals surface area contributed by atoms with E-state index in [1.165, 1.54) is 0 Å². The lowest BCUT2D eigenvalue weighted by molar-refractivity contribution is -0.148. The van der Waals surface area contributed by atoms with Crippen LogP contribution in [-0.4, -0.2) is 29.3 Å². The zero-order valence-corrected chi connectivity index (χ0v) is 17.5. The lowest BCUT2D eigenvalue weighted by atomic mass is 9.59. The van der Waals surface area contributed by atoms with Gasteiger partial charge in [-0.1, -0.05) is 38.8 Å². The molecule has 158 valence electrons. The highest BCUT2D eigenvalue weighted by molar-refractivity contribution is 5.97. The van der Waals surface area contributed by atoms with Crippen LogP contribution in [0, 0.1) is 11.3 Å². The molecule has 4 rings (SSSR count). The number of esters is 2. The highest BCUT2D eigenvalue weighted by Crippen LogP contribution is 2.57. The Labute approximate surface area is 172 Å². The predicted octanol–water partition coefficient (Wildman–Crippen LogP) is 4.51. The second kappa shape index (κ2) is 8.10. The molecule has 5 heteroatoms. The molecule has 29 heavy (non-hydrogen) atoms. The lowest BCUT2D eigenvalue weighted by Gasteiger charge is -2.41. The van der Waals surface area contributed by atoms with Crippen LogP contribution in [0.25, 0.3) is 0 Å². The number of rotatable bonds is 7. The molecule has 0 amide bonds. The standard InChI is InChI=1S/C24H32O5/c1-3-5-10-18-15-12-13-17(25)21(20(15)22(26)28-18)24-14-8-7-9-16(24)19(11-6-4-2)29-23(24)27/h8,14,17-18,21,25H,3-7,9-13H2,1-2H3. The van der Waals surface area contributed by atoms with E-state index in [4.69, 9.17) is 9.47 Å². The number of carbonyl (C=O) groups is 2. The molecule has 4 unspecified atom stereocenters. The molecule has 0 bridgehead atoms. The molecule has 0 fully saturated rings. The Morgan fingerprint density at radius 1 is 1.17 bits per heavy atom. The van der Waals surface area contributed by atoms with Crippen molar-refractivity contribution in [3.63, 3.8) is 0 Å². The Bertz CT molecular complexity index is 789. The lowest BCUT2D eigenvalue weighted by Crippen LogP contribution is -2.47. The SMILES string of the molecule is CCCCC1=C2CCC=CC2(C2C3=C(CCC2O)C(CCCC)OC3=O)C(=O)O1. The molecular formula is C24H32O5. The van der Waals surface area contributed by atoms with Gasteiger partial charge in [-0.25, -0.2) is 4.79 Å². The summed E-state index contributed by atoms with van der Waals surface area (Å²) in [4.78, 5) is 26.2. The number of unbranched alkanes of at least 4 members (excludes halogenated alkanes) is 2. The summed E-state index contributed by atoms with van der Waals surface area (Å²) in [5.74, 6) is -0.539. The van der Waals surface area contributed by atoms with E-state index in [-0.39, 0.29) is 18.0 Å². The molecule has 0 saturated heterocycles. The molecule has 0 aromatic heterocycles. The minimum Gasteiger partial charge on any atom is -0.454 e. The first kappa shape index (κ1) is 20.4. The monoisotopic (exact) mass is 400 g/mol. The van der Waals surface area contributed by atoms with Crippen molar-refractivity contribution in [2.75, 3.05) is 0 Å². The number of carbonyl (C=O) groups excluding carboxylic acids is 2. The summed E-state index contributed by atoms with van der Waals surface area (Å²) >= 11 is 0. The summed E-state index contributed by atoms with van der Waals surface area (Å²) < 4.78 is 11.5. The van der Waals surface area contributed by atoms with Crippen LogP contribution in [0.15, 0.2) is 34.6 Å². The van der Waals surface area contributed by atoms with Gasteiger partial charge < -0.3 is 14.6 Å². The van der Waals surface area contributed by atoms with Crippen LogP contribution >= 0.6 is 0 Å². The van der Waals surface area contributed by atoms with E-state index in [9.17, 15) is 14.7 Å². The normalized spacial score (nSPS) is 33.7. The Balaban J connectivity index is 1.80. The van der Waals surface area contributed by atoms with Gasteiger partial charge >= 0.3 is 11.9 Å². The van der Waals surface area contributed by atoms with Crippen LogP contribution in [-0.2, 0) is 19.1 Å². The van der Waals surface area contributed by atoms with E-state index in [0.717, 1.165) is 68.3 Å². The fourth-order valence-electron chi connectivity index (χ4n) is 5.59. The van der Waals surface area contributed by atoms with Gasteiger partial charge in [0.15, 0.2) is 0 Å². The molecule has 2 aliphatic heterocycles. The maximum atomic E-state index is 13.3. The molecule has 0 spiro atoms. The van der Waals surface area contributed by atoms with E-state index in [2.05, 4.69) is 13.8 Å². The molecule has 5 nitrogen and oxygen atoms in total. The van der Waals surface area contributed by atoms with Gasteiger partial charge in [-0.3, -0.25) is 4.79 Å². The van der Waals surface area contributed by atoms with Crippen molar-refractivity contribution in [3.8, 4) is 0 Å². The average molecular weight is 401 g/mol.